The van der Waals surface area contributed by atoms with E-state index in [1.807, 2.05) is 49.3 Å². The van der Waals surface area contributed by atoms with Crippen LogP contribution in [0.25, 0.3) is 44.4 Å². The number of alkyl carbamates (subject to hydrolysis) is 1. The number of nitrogens with zero attached hydrogens (tertiary/aromatic N) is 4. The van der Waals surface area contributed by atoms with Gasteiger partial charge in [0, 0.05) is 18.7 Å². The molecule has 2 saturated heterocycles. The van der Waals surface area contributed by atoms with Crippen molar-refractivity contribution in [1.82, 2.24) is 35.1 Å². The second-order valence-corrected chi connectivity index (χ2v) is 15.3. The standard InChI is InChI=1S/C45H47N7O5/c1-27(2)39(50-45(56)57-3)43(54)51-21-7-11-37(51)41-47-26-36(49-41)34-20-19-32-23-31(17-18-33(32)24-34)28-13-15-29(16-14-28)35-25-46-42(48-35)38-12-8-22-52(38)44(55)40(53)30-9-5-4-6-10-30/h4-6,9-10,13-20,23-27,37-40,53H,7-8,11-12,21-22H2,1-3H3,(H,46,48)(H,47,49)(H,50,56)/t37-,38-,39?,40+/m0/s1. The lowest BCUT2D eigenvalue weighted by Gasteiger charge is -2.30. The average Bonchev–Trinajstić information content (AvgIpc) is 4.09. The molecular weight excluding hydrogens is 719 g/mol. The summed E-state index contributed by atoms with van der Waals surface area (Å²) in [6, 6.07) is 29.1. The zero-order chi connectivity index (χ0) is 39.6. The van der Waals surface area contributed by atoms with Gasteiger partial charge in [-0.25, -0.2) is 14.8 Å². The Hall–Kier alpha value is -6.27. The number of aliphatic hydroxyl groups excluding tert-OH is 1. The Morgan fingerprint density at radius 3 is 1.84 bits per heavy atom. The molecule has 6 aromatic rings. The third-order valence-corrected chi connectivity index (χ3v) is 11.3. The molecule has 4 heterocycles. The highest BCUT2D eigenvalue weighted by Crippen LogP contribution is 2.36. The summed E-state index contributed by atoms with van der Waals surface area (Å²) in [6.07, 6.45) is 5.08. The van der Waals surface area contributed by atoms with Gasteiger partial charge < -0.3 is 34.9 Å². The van der Waals surface area contributed by atoms with Crippen LogP contribution in [0.2, 0.25) is 0 Å². The van der Waals surface area contributed by atoms with Crippen molar-refractivity contribution in [2.75, 3.05) is 20.2 Å². The van der Waals surface area contributed by atoms with E-state index in [0.717, 1.165) is 81.7 Å². The molecule has 12 nitrogen and oxygen atoms in total. The normalized spacial score (nSPS) is 17.9. The van der Waals surface area contributed by atoms with Gasteiger partial charge in [0.1, 0.15) is 17.7 Å². The topological polar surface area (TPSA) is 157 Å². The lowest BCUT2D eigenvalue weighted by Crippen LogP contribution is -2.51. The predicted molar refractivity (Wildman–Crippen MR) is 217 cm³/mol. The number of amides is 3. The Morgan fingerprint density at radius 1 is 0.719 bits per heavy atom. The molecule has 4 N–H and O–H groups in total. The van der Waals surface area contributed by atoms with Gasteiger partial charge in [0.05, 0.1) is 43.0 Å². The molecule has 2 fully saturated rings. The fourth-order valence-electron chi connectivity index (χ4n) is 8.18. The van der Waals surface area contributed by atoms with Gasteiger partial charge in [-0.2, -0.15) is 0 Å². The Kier molecular flexibility index (Phi) is 10.6. The van der Waals surface area contributed by atoms with Crippen molar-refractivity contribution in [2.45, 2.75) is 63.8 Å². The number of hydrogen-bond donors (Lipinski definition) is 4. The molecule has 4 aromatic carbocycles. The molecule has 4 atom stereocenters. The lowest BCUT2D eigenvalue weighted by molar-refractivity contribution is -0.141. The zero-order valence-corrected chi connectivity index (χ0v) is 32.3. The molecule has 0 bridgehead atoms. The van der Waals surface area contributed by atoms with E-state index in [1.54, 1.807) is 17.0 Å². The minimum atomic E-state index is -1.20. The highest BCUT2D eigenvalue weighted by Gasteiger charge is 2.38. The summed E-state index contributed by atoms with van der Waals surface area (Å²) in [5.74, 6) is 0.915. The summed E-state index contributed by atoms with van der Waals surface area (Å²) in [5, 5.41) is 15.7. The number of methoxy groups -OCH3 is 1. The van der Waals surface area contributed by atoms with Crippen LogP contribution in [-0.4, -0.2) is 79.0 Å². The third kappa shape index (κ3) is 7.65. The number of aliphatic hydroxyl groups is 1. The minimum Gasteiger partial charge on any atom is -0.453 e. The molecule has 2 aliphatic heterocycles. The van der Waals surface area contributed by atoms with Crippen LogP contribution in [0.5, 0.6) is 0 Å². The number of rotatable bonds is 10. The molecule has 57 heavy (non-hydrogen) atoms. The maximum absolute atomic E-state index is 13.6. The van der Waals surface area contributed by atoms with Crippen LogP contribution in [0.4, 0.5) is 4.79 Å². The van der Waals surface area contributed by atoms with Crippen molar-refractivity contribution in [2.24, 2.45) is 5.92 Å². The summed E-state index contributed by atoms with van der Waals surface area (Å²) in [7, 11) is 1.29. The van der Waals surface area contributed by atoms with Crippen LogP contribution in [-0.2, 0) is 14.3 Å². The summed E-state index contributed by atoms with van der Waals surface area (Å²) >= 11 is 0. The number of benzene rings is 4. The number of carbonyl (C=O) groups is 3. The molecule has 0 spiro atoms. The van der Waals surface area contributed by atoms with Crippen LogP contribution < -0.4 is 5.32 Å². The van der Waals surface area contributed by atoms with Gasteiger partial charge in [0.2, 0.25) is 5.91 Å². The molecule has 2 aliphatic rings. The van der Waals surface area contributed by atoms with Crippen molar-refractivity contribution in [3.8, 4) is 33.6 Å². The number of nitrogens with one attached hydrogen (secondary N) is 3. The van der Waals surface area contributed by atoms with E-state index in [4.69, 9.17) is 9.72 Å². The van der Waals surface area contributed by atoms with Crippen molar-refractivity contribution in [3.63, 3.8) is 0 Å². The molecule has 12 heteroatoms. The molecule has 292 valence electrons. The van der Waals surface area contributed by atoms with E-state index in [9.17, 15) is 19.5 Å². The van der Waals surface area contributed by atoms with Gasteiger partial charge in [-0.05, 0) is 76.8 Å². The quantitative estimate of drug-likeness (QED) is 0.111. The molecule has 0 aliphatic carbocycles. The SMILES string of the molecule is COC(=O)NC(C(=O)N1CCC[C@H]1c1ncc(-c2ccc3cc(-c4ccc(-c5cnc([C@@H]6CCCN6C(=O)[C@H](O)c6ccccc6)[nH]5)cc4)ccc3c2)[nH]1)C(C)C. The number of H-pyrrole nitrogens is 2. The smallest absolute Gasteiger partial charge is 0.407 e. The van der Waals surface area contributed by atoms with E-state index >= 15 is 0 Å². The van der Waals surface area contributed by atoms with Gasteiger partial charge in [-0.15, -0.1) is 0 Å². The fraction of sp³-hybridized carbons (Fsp3) is 0.311. The van der Waals surface area contributed by atoms with E-state index in [1.165, 1.54) is 7.11 Å². The Morgan fingerprint density at radius 2 is 1.25 bits per heavy atom. The first-order chi connectivity index (χ1) is 27.7. The van der Waals surface area contributed by atoms with Crippen molar-refractivity contribution in [3.05, 3.63) is 121 Å². The van der Waals surface area contributed by atoms with Gasteiger partial charge in [0.15, 0.2) is 6.10 Å². The number of hydrogen-bond acceptors (Lipinski definition) is 7. The number of carbonyl (C=O) groups excluding carboxylic acids is 3. The fourth-order valence-corrected chi connectivity index (χ4v) is 8.18. The molecule has 0 radical (unpaired) electrons. The van der Waals surface area contributed by atoms with Gasteiger partial charge in [-0.1, -0.05) is 92.7 Å². The molecular formula is C45H47N7O5. The van der Waals surface area contributed by atoms with Crippen LogP contribution in [0, 0.1) is 5.92 Å². The van der Waals surface area contributed by atoms with E-state index < -0.39 is 18.2 Å². The van der Waals surface area contributed by atoms with Crippen LogP contribution in [0.15, 0.2) is 103 Å². The minimum absolute atomic E-state index is 0.102. The number of likely N-dealkylation sites (tertiary alicyclic amines) is 2. The van der Waals surface area contributed by atoms with Crippen molar-refractivity contribution in [1.29, 1.82) is 0 Å². The number of fused-ring (bicyclic) bond motifs is 1. The zero-order valence-electron chi connectivity index (χ0n) is 32.3. The summed E-state index contributed by atoms with van der Waals surface area (Å²) in [4.78, 5) is 58.7. The third-order valence-electron chi connectivity index (χ3n) is 11.3. The molecule has 0 saturated carbocycles. The highest BCUT2D eigenvalue weighted by atomic mass is 16.5. The number of aromatic nitrogens is 4. The number of imidazole rings is 2. The predicted octanol–water partition coefficient (Wildman–Crippen LogP) is 7.73. The van der Waals surface area contributed by atoms with Gasteiger partial charge in [-0.3, -0.25) is 9.59 Å². The first kappa shape index (κ1) is 37.6. The van der Waals surface area contributed by atoms with E-state index in [0.29, 0.717) is 18.7 Å². The summed E-state index contributed by atoms with van der Waals surface area (Å²) in [6.45, 7) is 4.99. The lowest BCUT2D eigenvalue weighted by atomic mass is 9.98. The first-order valence-electron chi connectivity index (χ1n) is 19.6. The van der Waals surface area contributed by atoms with Crippen molar-refractivity contribution < 1.29 is 24.2 Å². The van der Waals surface area contributed by atoms with Crippen LogP contribution in [0.3, 0.4) is 0 Å². The van der Waals surface area contributed by atoms with E-state index in [-0.39, 0.29) is 29.8 Å². The largest absolute Gasteiger partial charge is 0.453 e. The Labute approximate surface area is 331 Å². The second kappa shape index (κ2) is 16.1. The first-order valence-corrected chi connectivity index (χ1v) is 19.6. The molecule has 2 aromatic heterocycles. The second-order valence-electron chi connectivity index (χ2n) is 15.3. The Bertz CT molecular complexity index is 2390. The molecule has 1 unspecified atom stereocenters. The summed E-state index contributed by atoms with van der Waals surface area (Å²) < 4.78 is 4.77. The number of aromatic amines is 2. The van der Waals surface area contributed by atoms with Crippen LogP contribution >= 0.6 is 0 Å². The Balaban J connectivity index is 0.940. The highest BCUT2D eigenvalue weighted by molar-refractivity contribution is 5.91. The van der Waals surface area contributed by atoms with Gasteiger partial charge >= 0.3 is 6.09 Å². The monoisotopic (exact) mass is 765 g/mol. The van der Waals surface area contributed by atoms with E-state index in [2.05, 4.69) is 80.9 Å². The maximum atomic E-state index is 13.6. The van der Waals surface area contributed by atoms with Gasteiger partial charge in [0.25, 0.3) is 5.91 Å². The number of ether oxygens (including phenoxy) is 1. The van der Waals surface area contributed by atoms with Crippen molar-refractivity contribution >= 4 is 28.7 Å². The molecule has 3 amide bonds. The molecule has 8 rings (SSSR count). The average molecular weight is 766 g/mol. The van der Waals surface area contributed by atoms with Crippen LogP contribution in [0.1, 0.15) is 74.9 Å². The summed E-state index contributed by atoms with van der Waals surface area (Å²) in [5.41, 5.74) is 6.50. The maximum Gasteiger partial charge on any atom is 0.407 e.